The molecule has 0 radical (unpaired) electrons. The van der Waals surface area contributed by atoms with Crippen molar-refractivity contribution in [3.05, 3.63) is 94.9 Å². The van der Waals surface area contributed by atoms with Gasteiger partial charge in [0.1, 0.15) is 5.76 Å². The zero-order valence-electron chi connectivity index (χ0n) is 14.5. The largest absolute Gasteiger partial charge is 0.507 e. The van der Waals surface area contributed by atoms with Crippen LogP contribution >= 0.6 is 11.6 Å². The number of nitrogens with one attached hydrogen (secondary N) is 1. The van der Waals surface area contributed by atoms with Gasteiger partial charge in [-0.25, -0.2) is 9.78 Å². The summed E-state index contributed by atoms with van der Waals surface area (Å²) < 4.78 is 0. The summed E-state index contributed by atoms with van der Waals surface area (Å²) in [6, 6.07) is 14.3. The Morgan fingerprint density at radius 2 is 1.86 bits per heavy atom. The number of hydrogen-bond acceptors (Lipinski definition) is 4. The summed E-state index contributed by atoms with van der Waals surface area (Å²) in [6.45, 7) is 0. The SMILES string of the molecule is O=C1C(=O)N(c2cccc[nH+]2)C(c2cccnc2)C1=C(O)c1ccc(Cl)cc1. The van der Waals surface area contributed by atoms with Crippen molar-refractivity contribution in [3.63, 3.8) is 0 Å². The molecule has 1 unspecified atom stereocenters. The van der Waals surface area contributed by atoms with Gasteiger partial charge in [0.2, 0.25) is 0 Å². The first kappa shape index (κ1) is 17.9. The third kappa shape index (κ3) is 3.04. The van der Waals surface area contributed by atoms with Crippen LogP contribution in [0, 0.1) is 0 Å². The third-order valence-corrected chi connectivity index (χ3v) is 4.77. The van der Waals surface area contributed by atoms with Gasteiger partial charge in [0, 0.05) is 34.6 Å². The first-order chi connectivity index (χ1) is 13.6. The standard InChI is InChI=1S/C21H14ClN3O3/c22-15-8-6-13(7-9-15)19(26)17-18(14-4-3-10-23-12-14)25(21(28)20(17)27)16-5-1-2-11-24-16/h1-12,18,26H/p+1. The highest BCUT2D eigenvalue weighted by atomic mass is 35.5. The van der Waals surface area contributed by atoms with E-state index in [1.807, 2.05) is 0 Å². The van der Waals surface area contributed by atoms with Gasteiger partial charge in [0.25, 0.3) is 11.6 Å². The third-order valence-electron chi connectivity index (χ3n) is 4.51. The normalized spacial score (nSPS) is 18.5. The summed E-state index contributed by atoms with van der Waals surface area (Å²) >= 11 is 5.92. The molecular formula is C21H15ClN3O3+. The molecule has 0 spiro atoms. The van der Waals surface area contributed by atoms with E-state index < -0.39 is 17.7 Å². The molecule has 1 saturated heterocycles. The molecule has 0 saturated carbocycles. The molecule has 1 aromatic carbocycles. The summed E-state index contributed by atoms with van der Waals surface area (Å²) in [5.41, 5.74) is 1.00. The van der Waals surface area contributed by atoms with Crippen LogP contribution in [0.2, 0.25) is 5.02 Å². The number of ketones is 1. The molecule has 4 rings (SSSR count). The fourth-order valence-electron chi connectivity index (χ4n) is 3.23. The number of carbonyl (C=O) groups excluding carboxylic acids is 2. The van der Waals surface area contributed by atoms with Gasteiger partial charge in [-0.1, -0.05) is 23.7 Å². The number of Topliss-reactive ketones (excluding diaryl/α,β-unsaturated/α-hetero) is 1. The molecule has 0 bridgehead atoms. The summed E-state index contributed by atoms with van der Waals surface area (Å²) in [6.07, 6.45) is 4.83. The van der Waals surface area contributed by atoms with E-state index in [-0.39, 0.29) is 11.3 Å². The molecule has 1 aliphatic heterocycles. The Labute approximate surface area is 165 Å². The number of benzene rings is 1. The monoisotopic (exact) mass is 392 g/mol. The van der Waals surface area contributed by atoms with Crippen LogP contribution in [0.15, 0.2) is 78.8 Å². The highest BCUT2D eigenvalue weighted by Crippen LogP contribution is 2.40. The van der Waals surface area contributed by atoms with E-state index in [4.69, 9.17) is 11.6 Å². The molecule has 3 heterocycles. The van der Waals surface area contributed by atoms with E-state index in [1.165, 1.54) is 4.90 Å². The van der Waals surface area contributed by atoms with Crippen molar-refractivity contribution in [2.24, 2.45) is 0 Å². The fraction of sp³-hybridized carbons (Fsp3) is 0.0476. The van der Waals surface area contributed by atoms with Crippen LogP contribution in [0.25, 0.3) is 5.76 Å². The topological polar surface area (TPSA) is 84.6 Å². The number of aromatic amines is 1. The minimum absolute atomic E-state index is 0.00224. The predicted molar refractivity (Wildman–Crippen MR) is 103 cm³/mol. The minimum atomic E-state index is -0.817. The maximum atomic E-state index is 12.9. The van der Waals surface area contributed by atoms with Gasteiger partial charge in [-0.3, -0.25) is 9.78 Å². The molecule has 28 heavy (non-hydrogen) atoms. The number of rotatable bonds is 3. The van der Waals surface area contributed by atoms with Gasteiger partial charge in [-0.2, -0.15) is 4.90 Å². The lowest BCUT2D eigenvalue weighted by molar-refractivity contribution is -0.363. The minimum Gasteiger partial charge on any atom is -0.507 e. The number of anilines is 1. The van der Waals surface area contributed by atoms with Crippen LogP contribution in [0.5, 0.6) is 0 Å². The fourth-order valence-corrected chi connectivity index (χ4v) is 3.36. The number of pyridine rings is 2. The van der Waals surface area contributed by atoms with E-state index in [9.17, 15) is 14.7 Å². The first-order valence-corrected chi connectivity index (χ1v) is 8.89. The molecule has 1 atom stereocenters. The number of H-pyrrole nitrogens is 1. The second-order valence-corrected chi connectivity index (χ2v) is 6.65. The van der Waals surface area contributed by atoms with Gasteiger partial charge in [-0.15, -0.1) is 0 Å². The Hall–Kier alpha value is -3.51. The highest BCUT2D eigenvalue weighted by molar-refractivity contribution is 6.51. The molecule has 0 aliphatic carbocycles. The van der Waals surface area contributed by atoms with E-state index in [2.05, 4.69) is 9.97 Å². The molecule has 7 heteroatoms. The Morgan fingerprint density at radius 3 is 2.50 bits per heavy atom. The molecule has 3 aromatic rings. The summed E-state index contributed by atoms with van der Waals surface area (Å²) in [5.74, 6) is -1.32. The van der Waals surface area contributed by atoms with Gasteiger partial charge in [-0.05, 0) is 36.4 Å². The van der Waals surface area contributed by atoms with E-state index in [0.717, 1.165) is 0 Å². The van der Waals surface area contributed by atoms with E-state index in [0.29, 0.717) is 22.0 Å². The molecule has 138 valence electrons. The van der Waals surface area contributed by atoms with Crippen LogP contribution in [0.1, 0.15) is 17.2 Å². The number of aromatic nitrogens is 2. The van der Waals surface area contributed by atoms with Gasteiger partial charge in [0.15, 0.2) is 6.04 Å². The lowest BCUT2D eigenvalue weighted by atomic mass is 9.96. The summed E-state index contributed by atoms with van der Waals surface area (Å²) in [5, 5.41) is 11.4. The van der Waals surface area contributed by atoms with Crippen molar-refractivity contribution < 1.29 is 19.7 Å². The predicted octanol–water partition coefficient (Wildman–Crippen LogP) is 3.18. The van der Waals surface area contributed by atoms with E-state index >= 15 is 0 Å². The molecule has 2 aromatic heterocycles. The highest BCUT2D eigenvalue weighted by Gasteiger charge is 2.53. The lowest BCUT2D eigenvalue weighted by Gasteiger charge is -2.17. The lowest BCUT2D eigenvalue weighted by Crippen LogP contribution is -2.33. The quantitative estimate of drug-likeness (QED) is 0.421. The van der Waals surface area contributed by atoms with Gasteiger partial charge < -0.3 is 5.11 Å². The van der Waals surface area contributed by atoms with Crippen LogP contribution in [-0.2, 0) is 9.59 Å². The molecular weight excluding hydrogens is 378 g/mol. The van der Waals surface area contributed by atoms with Crippen molar-refractivity contribution in [1.29, 1.82) is 0 Å². The average Bonchev–Trinajstić information content (AvgIpc) is 3.00. The van der Waals surface area contributed by atoms with Crippen LogP contribution in [0.3, 0.4) is 0 Å². The second-order valence-electron chi connectivity index (χ2n) is 6.21. The molecule has 1 aliphatic rings. The van der Waals surface area contributed by atoms with Crippen molar-refractivity contribution in [2.45, 2.75) is 6.04 Å². The Balaban J connectivity index is 1.94. The Morgan fingerprint density at radius 1 is 1.07 bits per heavy atom. The van der Waals surface area contributed by atoms with Crippen molar-refractivity contribution in [2.75, 3.05) is 4.90 Å². The smallest absolute Gasteiger partial charge is 0.382 e. The number of amides is 1. The molecule has 2 N–H and O–H groups in total. The molecule has 1 amide bonds. The van der Waals surface area contributed by atoms with E-state index in [1.54, 1.807) is 73.2 Å². The van der Waals surface area contributed by atoms with Crippen molar-refractivity contribution in [3.8, 4) is 0 Å². The maximum absolute atomic E-state index is 12.9. The maximum Gasteiger partial charge on any atom is 0.382 e. The van der Waals surface area contributed by atoms with Crippen LogP contribution in [-0.4, -0.2) is 21.8 Å². The van der Waals surface area contributed by atoms with Gasteiger partial charge in [0.05, 0.1) is 11.8 Å². The average molecular weight is 393 g/mol. The van der Waals surface area contributed by atoms with Crippen LogP contribution in [0.4, 0.5) is 5.82 Å². The number of aliphatic hydroxyl groups is 1. The van der Waals surface area contributed by atoms with Crippen LogP contribution < -0.4 is 9.88 Å². The number of carbonyl (C=O) groups is 2. The van der Waals surface area contributed by atoms with Crippen molar-refractivity contribution >= 4 is 34.9 Å². The Bertz CT molecular complexity index is 1070. The molecule has 1 fully saturated rings. The Kier molecular flexibility index (Phi) is 4.63. The number of halogens is 1. The number of aliphatic hydroxyl groups excluding tert-OH is 1. The molecule has 6 nitrogen and oxygen atoms in total. The summed E-state index contributed by atoms with van der Waals surface area (Å²) in [7, 11) is 0. The van der Waals surface area contributed by atoms with Crippen molar-refractivity contribution in [1.82, 2.24) is 4.98 Å². The zero-order chi connectivity index (χ0) is 19.7. The summed E-state index contributed by atoms with van der Waals surface area (Å²) in [4.78, 5) is 34.2. The number of nitrogens with zero attached hydrogens (tertiary/aromatic N) is 2. The van der Waals surface area contributed by atoms with Gasteiger partial charge >= 0.3 is 5.91 Å². The number of hydrogen-bond donors (Lipinski definition) is 1. The first-order valence-electron chi connectivity index (χ1n) is 8.51. The zero-order valence-corrected chi connectivity index (χ0v) is 15.3. The second kappa shape index (κ2) is 7.25.